The third-order valence-electron chi connectivity index (χ3n) is 10.7. The average molecular weight is 789 g/mol. The number of unbranched alkanes of at least 4 members (excludes halogenated alkanes) is 1. The first-order chi connectivity index (χ1) is 25.6. The molecule has 55 heavy (non-hydrogen) atoms. The van der Waals surface area contributed by atoms with Crippen molar-refractivity contribution in [1.29, 1.82) is 0 Å². The number of likely N-dealkylation sites (N-methyl/N-ethyl adjacent to an activating group) is 1. The normalized spacial score (nSPS) is 20.3. The fourth-order valence-electron chi connectivity index (χ4n) is 7.14. The van der Waals surface area contributed by atoms with E-state index < -0.39 is 69.1 Å². The lowest BCUT2D eigenvalue weighted by atomic mass is 9.85. The van der Waals surface area contributed by atoms with Gasteiger partial charge in [-0.1, -0.05) is 72.6 Å². The number of hydrogen-bond donors (Lipinski definition) is 4. The van der Waals surface area contributed by atoms with Gasteiger partial charge in [0, 0.05) is 32.7 Å². The number of hydrogen-bond acceptors (Lipinski definition) is 9. The number of carbonyl (C=O) groups excluding carboxylic acids is 5. The Hall–Kier alpha value is -4.44. The van der Waals surface area contributed by atoms with Gasteiger partial charge in [-0.15, -0.1) is 6.58 Å². The summed E-state index contributed by atoms with van der Waals surface area (Å²) in [5.74, 6) is -2.30. The van der Waals surface area contributed by atoms with E-state index in [9.17, 15) is 32.4 Å². The van der Waals surface area contributed by atoms with Gasteiger partial charge in [0.1, 0.15) is 28.5 Å². The predicted octanol–water partition coefficient (Wildman–Crippen LogP) is 3.01. The zero-order valence-corrected chi connectivity index (χ0v) is 34.7. The number of amides is 5. The molecular weight excluding hydrogens is 729 g/mol. The maximum Gasteiger partial charge on any atom is 0.315 e. The van der Waals surface area contributed by atoms with Crippen LogP contribution in [0.25, 0.3) is 0 Å². The minimum atomic E-state index is -4.10. The Morgan fingerprint density at radius 3 is 2.27 bits per heavy atom. The maximum atomic E-state index is 14.5. The van der Waals surface area contributed by atoms with Crippen molar-refractivity contribution in [3.63, 3.8) is 0 Å². The van der Waals surface area contributed by atoms with E-state index in [1.165, 1.54) is 50.4 Å². The summed E-state index contributed by atoms with van der Waals surface area (Å²) in [7, 11) is 0.0709. The average Bonchev–Trinajstić information content (AvgIpc) is 3.42. The number of piperidine rings is 1. The highest BCUT2D eigenvalue weighted by molar-refractivity contribution is 7.89. The van der Waals surface area contributed by atoms with E-state index in [1.54, 1.807) is 27.7 Å². The summed E-state index contributed by atoms with van der Waals surface area (Å²) in [6.07, 6.45) is 3.02. The van der Waals surface area contributed by atoms with Crippen LogP contribution in [-0.4, -0.2) is 112 Å². The summed E-state index contributed by atoms with van der Waals surface area (Å²) in [4.78, 5) is 69.3. The van der Waals surface area contributed by atoms with Gasteiger partial charge in [0.15, 0.2) is 0 Å². The second-order valence-electron chi connectivity index (χ2n) is 16.1. The fraction of sp³-hybridized carbons (Fsp3) is 0.615. The molecule has 1 aliphatic heterocycles. The molecule has 1 saturated carbocycles. The van der Waals surface area contributed by atoms with Crippen LogP contribution in [0.4, 0.5) is 4.79 Å². The number of likely N-dealkylation sites (tertiary alicyclic amines) is 1. The van der Waals surface area contributed by atoms with Gasteiger partial charge in [0.05, 0.1) is 26.3 Å². The Bertz CT molecular complexity index is 1760. The predicted molar refractivity (Wildman–Crippen MR) is 209 cm³/mol. The van der Waals surface area contributed by atoms with Crippen molar-refractivity contribution >= 4 is 39.6 Å². The van der Waals surface area contributed by atoms with Gasteiger partial charge < -0.3 is 35.6 Å². The van der Waals surface area contributed by atoms with Crippen LogP contribution in [0, 0.1) is 22.7 Å². The highest BCUT2D eigenvalue weighted by Crippen LogP contribution is 2.65. The molecular formula is C39H60N6O9S. The molecule has 1 heterocycles. The van der Waals surface area contributed by atoms with Crippen molar-refractivity contribution in [3.8, 4) is 11.5 Å². The Morgan fingerprint density at radius 1 is 1.07 bits per heavy atom. The second kappa shape index (κ2) is 18.0. The quantitative estimate of drug-likeness (QED) is 0.121. The molecule has 1 aliphatic carbocycles. The van der Waals surface area contributed by atoms with E-state index in [2.05, 4.69) is 34.4 Å². The highest BCUT2D eigenvalue weighted by atomic mass is 32.2. The van der Waals surface area contributed by atoms with Gasteiger partial charge in [-0.25, -0.2) is 13.2 Å². The number of Topliss-reactive ketones (excluding diaryl/α,β-unsaturated/α-hetero) is 1. The van der Waals surface area contributed by atoms with Gasteiger partial charge in [-0.3, -0.25) is 19.2 Å². The number of urea groups is 1. The number of methoxy groups -OCH3 is 2. The number of ether oxygens (including phenoxy) is 2. The number of benzene rings is 1. The Labute approximate surface area is 326 Å². The minimum Gasteiger partial charge on any atom is -0.497 e. The van der Waals surface area contributed by atoms with Crippen molar-refractivity contribution in [2.45, 2.75) is 96.8 Å². The van der Waals surface area contributed by atoms with Gasteiger partial charge in [0.2, 0.25) is 27.6 Å². The summed E-state index contributed by atoms with van der Waals surface area (Å²) < 4.78 is 38.8. The summed E-state index contributed by atoms with van der Waals surface area (Å²) in [5, 5.41) is 10.8. The molecule has 3 rings (SSSR count). The second-order valence-corrected chi connectivity index (χ2v) is 18.1. The zero-order valence-electron chi connectivity index (χ0n) is 33.9. The molecule has 1 aromatic carbocycles. The maximum absolute atomic E-state index is 14.5. The lowest BCUT2D eigenvalue weighted by molar-refractivity contribution is -0.145. The van der Waals surface area contributed by atoms with Crippen LogP contribution >= 0.6 is 0 Å². The summed E-state index contributed by atoms with van der Waals surface area (Å²) in [6.45, 7) is 20.7. The molecule has 15 nitrogen and oxygen atoms in total. The fourth-order valence-corrected chi connectivity index (χ4v) is 8.46. The number of carbonyl (C=O) groups is 5. The molecule has 4 N–H and O–H groups in total. The van der Waals surface area contributed by atoms with Gasteiger partial charge >= 0.3 is 6.03 Å². The van der Waals surface area contributed by atoms with Gasteiger partial charge in [-0.05, 0) is 48.1 Å². The van der Waals surface area contributed by atoms with E-state index in [4.69, 9.17) is 9.47 Å². The van der Waals surface area contributed by atoms with Crippen molar-refractivity contribution < 1.29 is 41.9 Å². The molecule has 6 atom stereocenters. The molecule has 0 radical (unpaired) electrons. The van der Waals surface area contributed by atoms with Crippen molar-refractivity contribution in [1.82, 2.24) is 30.5 Å². The molecule has 2 aliphatic rings. The third kappa shape index (κ3) is 10.3. The molecule has 0 bridgehead atoms. The van der Waals surface area contributed by atoms with Crippen LogP contribution in [0.15, 0.2) is 47.9 Å². The SMILES string of the molecule is C=CCNC(=O)C(=O)C(CCCC)NC(=O)[C@@H]1[C@@H]2[C@H](CN1C(=O)[C@@H](NC(=O)N[C@H](CN(C)S(=O)(=O)c1ccc(OC)cc1OC)C(=C)C)C(C)(C)C)C2(C)C. The minimum absolute atomic E-state index is 0.0111. The molecule has 0 aromatic heterocycles. The molecule has 1 aromatic rings. The molecule has 0 spiro atoms. The number of rotatable bonds is 19. The van der Waals surface area contributed by atoms with Crippen molar-refractivity contribution in [2.75, 3.05) is 40.9 Å². The lowest BCUT2D eigenvalue weighted by Crippen LogP contribution is -2.62. The first-order valence-corrected chi connectivity index (χ1v) is 20.0. The Balaban J connectivity index is 1.83. The molecule has 5 amide bonds. The van der Waals surface area contributed by atoms with Crippen LogP contribution < -0.4 is 30.7 Å². The van der Waals surface area contributed by atoms with E-state index in [0.717, 1.165) is 10.7 Å². The molecule has 16 heteroatoms. The number of nitrogens with zero attached hydrogens (tertiary/aromatic N) is 2. The zero-order chi connectivity index (χ0) is 41.6. The summed E-state index contributed by atoms with van der Waals surface area (Å²) in [5.41, 5.74) is -0.617. The van der Waals surface area contributed by atoms with Crippen LogP contribution in [0.2, 0.25) is 0 Å². The first-order valence-electron chi connectivity index (χ1n) is 18.5. The van der Waals surface area contributed by atoms with Crippen molar-refractivity contribution in [3.05, 3.63) is 43.0 Å². The van der Waals surface area contributed by atoms with Crippen LogP contribution in [-0.2, 0) is 29.2 Å². The molecule has 306 valence electrons. The van der Waals surface area contributed by atoms with E-state index in [0.29, 0.717) is 17.7 Å². The lowest BCUT2D eigenvalue weighted by Gasteiger charge is -2.38. The Kier molecular flexibility index (Phi) is 14.7. The summed E-state index contributed by atoms with van der Waals surface area (Å²) in [6, 6.07) is -0.393. The largest absolute Gasteiger partial charge is 0.497 e. The molecule has 1 unspecified atom stereocenters. The first kappa shape index (κ1) is 45.0. The topological polar surface area (TPSA) is 193 Å². The number of sulfonamides is 1. The summed E-state index contributed by atoms with van der Waals surface area (Å²) >= 11 is 0. The number of nitrogens with one attached hydrogen (secondary N) is 4. The van der Waals surface area contributed by atoms with Crippen LogP contribution in [0.1, 0.15) is 67.7 Å². The van der Waals surface area contributed by atoms with Crippen LogP contribution in [0.3, 0.4) is 0 Å². The van der Waals surface area contributed by atoms with Gasteiger partial charge in [-0.2, -0.15) is 4.31 Å². The number of fused-ring (bicyclic) bond motifs is 1. The molecule has 2 fully saturated rings. The van der Waals surface area contributed by atoms with Gasteiger partial charge in [0.25, 0.3) is 5.91 Å². The van der Waals surface area contributed by atoms with Crippen molar-refractivity contribution in [2.24, 2.45) is 22.7 Å². The highest BCUT2D eigenvalue weighted by Gasteiger charge is 2.70. The van der Waals surface area contributed by atoms with E-state index >= 15 is 0 Å². The van der Waals surface area contributed by atoms with Crippen LogP contribution in [0.5, 0.6) is 11.5 Å². The smallest absolute Gasteiger partial charge is 0.315 e. The standard InChI is InChI=1S/C39H60N6O9S/c1-13-15-16-26(32(46)35(48)40-19-14-2)41-34(47)31-30-25(39(30,8)9)21-45(31)36(49)33(38(5,6)7)43-37(50)42-27(23(3)4)22-44(10)55(51,52)29-18-17-24(53-11)20-28(29)54-12/h14,17-18,20,25-27,30-31,33H,2-3,13,15-16,19,21-22H2,1,4-12H3,(H,40,48)(H,41,47)(H2,42,43,50)/t25-,26?,27+,30-,31-,33+/m0/s1. The molecule has 1 saturated heterocycles. The van der Waals surface area contributed by atoms with E-state index in [-0.39, 0.29) is 54.0 Å². The Morgan fingerprint density at radius 2 is 1.73 bits per heavy atom. The third-order valence-corrected chi connectivity index (χ3v) is 12.5. The van der Waals surface area contributed by atoms with E-state index in [1.807, 2.05) is 20.8 Å². The number of ketones is 1. The monoisotopic (exact) mass is 788 g/mol.